The van der Waals surface area contributed by atoms with Crippen LogP contribution < -0.4 is 5.32 Å². The molecule has 1 aromatic rings. The van der Waals surface area contributed by atoms with E-state index in [1.54, 1.807) is 0 Å². The second kappa shape index (κ2) is 5.66. The lowest BCUT2D eigenvalue weighted by atomic mass is 9.72. The molecular formula is C16H27N3. The third-order valence-electron chi connectivity index (χ3n) is 4.90. The number of nitrogens with one attached hydrogen (secondary N) is 1. The molecule has 0 bridgehead atoms. The Morgan fingerprint density at radius 1 is 1.26 bits per heavy atom. The second-order valence-corrected chi connectivity index (χ2v) is 6.85. The molecule has 1 N–H and O–H groups in total. The molecule has 3 heteroatoms. The zero-order chi connectivity index (χ0) is 13.2. The fourth-order valence-corrected chi connectivity index (χ4v) is 3.57. The molecule has 19 heavy (non-hydrogen) atoms. The number of aromatic nitrogens is 2. The molecule has 3 unspecified atom stereocenters. The van der Waals surface area contributed by atoms with Gasteiger partial charge < -0.3 is 5.32 Å². The summed E-state index contributed by atoms with van der Waals surface area (Å²) in [5.74, 6) is 2.62. The molecule has 2 saturated carbocycles. The Labute approximate surface area is 116 Å². The third-order valence-corrected chi connectivity index (χ3v) is 4.90. The Hall–Kier alpha value is -0.830. The monoisotopic (exact) mass is 261 g/mol. The van der Waals surface area contributed by atoms with Crippen LogP contribution in [0, 0.1) is 17.8 Å². The normalized spacial score (nSPS) is 31.6. The Balaban J connectivity index is 1.59. The third kappa shape index (κ3) is 3.59. The van der Waals surface area contributed by atoms with Crippen molar-refractivity contribution in [3.05, 3.63) is 18.0 Å². The molecule has 0 radical (unpaired) electrons. The topological polar surface area (TPSA) is 29.9 Å². The highest BCUT2D eigenvalue weighted by Gasteiger charge is 2.30. The highest BCUT2D eigenvalue weighted by Crippen LogP contribution is 2.36. The van der Waals surface area contributed by atoms with E-state index in [0.29, 0.717) is 0 Å². The standard InChI is InChI=1S/C16H27N3/c1-12-3-4-14(10-17-16-5-6-16)15(7-12)8-13-9-18-19(2)11-13/h9,11-12,14-17H,3-8,10H2,1-2H3. The smallest absolute Gasteiger partial charge is 0.0521 e. The molecule has 3 nitrogen and oxygen atoms in total. The molecule has 0 spiro atoms. The first-order valence-corrected chi connectivity index (χ1v) is 7.91. The summed E-state index contributed by atoms with van der Waals surface area (Å²) >= 11 is 0. The molecule has 1 heterocycles. The van der Waals surface area contributed by atoms with Gasteiger partial charge >= 0.3 is 0 Å². The van der Waals surface area contributed by atoms with E-state index in [2.05, 4.69) is 23.5 Å². The van der Waals surface area contributed by atoms with E-state index in [1.807, 2.05) is 17.9 Å². The second-order valence-electron chi connectivity index (χ2n) is 6.85. The maximum atomic E-state index is 4.31. The van der Waals surface area contributed by atoms with Crippen LogP contribution in [-0.2, 0) is 13.5 Å². The van der Waals surface area contributed by atoms with Gasteiger partial charge in [-0.15, -0.1) is 0 Å². The van der Waals surface area contributed by atoms with Gasteiger partial charge in [0.25, 0.3) is 0 Å². The SMILES string of the molecule is CC1CCC(CNC2CC2)C(Cc2cnn(C)c2)C1. The van der Waals surface area contributed by atoms with E-state index in [4.69, 9.17) is 0 Å². The van der Waals surface area contributed by atoms with Crippen LogP contribution in [-0.4, -0.2) is 22.4 Å². The van der Waals surface area contributed by atoms with Gasteiger partial charge in [-0.05, 0) is 62.0 Å². The zero-order valence-electron chi connectivity index (χ0n) is 12.3. The molecule has 2 aliphatic rings. The summed E-state index contributed by atoms with van der Waals surface area (Å²) in [4.78, 5) is 0. The summed E-state index contributed by atoms with van der Waals surface area (Å²) in [6.07, 6.45) is 12.5. The van der Waals surface area contributed by atoms with Gasteiger partial charge in [-0.1, -0.05) is 13.3 Å². The average Bonchev–Trinajstić information content (AvgIpc) is 3.12. The Kier molecular flexibility index (Phi) is 3.92. The van der Waals surface area contributed by atoms with Crippen molar-refractivity contribution in [3.8, 4) is 0 Å². The van der Waals surface area contributed by atoms with Crippen molar-refractivity contribution in [1.29, 1.82) is 0 Å². The van der Waals surface area contributed by atoms with E-state index in [0.717, 1.165) is 23.8 Å². The van der Waals surface area contributed by atoms with Crippen molar-refractivity contribution in [1.82, 2.24) is 15.1 Å². The molecule has 0 saturated heterocycles. The minimum absolute atomic E-state index is 0.846. The van der Waals surface area contributed by atoms with Crippen LogP contribution in [0.15, 0.2) is 12.4 Å². The van der Waals surface area contributed by atoms with E-state index >= 15 is 0 Å². The molecule has 2 aliphatic carbocycles. The van der Waals surface area contributed by atoms with Crippen molar-refractivity contribution in [2.45, 2.75) is 51.5 Å². The lowest BCUT2D eigenvalue weighted by Crippen LogP contribution is -2.34. The number of nitrogens with zero attached hydrogens (tertiary/aromatic N) is 2. The lowest BCUT2D eigenvalue weighted by molar-refractivity contribution is 0.183. The van der Waals surface area contributed by atoms with E-state index in [1.165, 1.54) is 50.6 Å². The van der Waals surface area contributed by atoms with Gasteiger partial charge in [0.05, 0.1) is 6.20 Å². The van der Waals surface area contributed by atoms with Gasteiger partial charge in [0.2, 0.25) is 0 Å². The summed E-state index contributed by atoms with van der Waals surface area (Å²) < 4.78 is 1.93. The van der Waals surface area contributed by atoms with Crippen molar-refractivity contribution in [3.63, 3.8) is 0 Å². The Morgan fingerprint density at radius 2 is 2.11 bits per heavy atom. The predicted octanol–water partition coefficient (Wildman–Crippen LogP) is 2.77. The number of hydrogen-bond acceptors (Lipinski definition) is 2. The predicted molar refractivity (Wildman–Crippen MR) is 77.9 cm³/mol. The van der Waals surface area contributed by atoms with Gasteiger partial charge in [-0.3, -0.25) is 4.68 Å². The first-order chi connectivity index (χ1) is 9.20. The van der Waals surface area contributed by atoms with Gasteiger partial charge in [0, 0.05) is 19.3 Å². The minimum atomic E-state index is 0.846. The van der Waals surface area contributed by atoms with Crippen molar-refractivity contribution in [2.24, 2.45) is 24.8 Å². The first-order valence-electron chi connectivity index (χ1n) is 7.91. The van der Waals surface area contributed by atoms with Crippen LogP contribution in [0.1, 0.15) is 44.6 Å². The average molecular weight is 261 g/mol. The summed E-state index contributed by atoms with van der Waals surface area (Å²) in [5.41, 5.74) is 1.41. The van der Waals surface area contributed by atoms with Gasteiger partial charge in [0.1, 0.15) is 0 Å². The van der Waals surface area contributed by atoms with E-state index in [-0.39, 0.29) is 0 Å². The van der Waals surface area contributed by atoms with Crippen LogP contribution >= 0.6 is 0 Å². The van der Waals surface area contributed by atoms with E-state index in [9.17, 15) is 0 Å². The molecule has 0 amide bonds. The molecule has 2 fully saturated rings. The summed E-state index contributed by atoms with van der Waals surface area (Å²) in [5, 5.41) is 8.05. The van der Waals surface area contributed by atoms with Crippen LogP contribution in [0.4, 0.5) is 0 Å². The fraction of sp³-hybridized carbons (Fsp3) is 0.812. The van der Waals surface area contributed by atoms with Crippen LogP contribution in [0.5, 0.6) is 0 Å². The van der Waals surface area contributed by atoms with Crippen LogP contribution in [0.2, 0.25) is 0 Å². The minimum Gasteiger partial charge on any atom is -0.314 e. The zero-order valence-corrected chi connectivity index (χ0v) is 12.3. The first kappa shape index (κ1) is 13.2. The molecule has 0 aliphatic heterocycles. The molecule has 3 rings (SSSR count). The quantitative estimate of drug-likeness (QED) is 0.883. The van der Waals surface area contributed by atoms with Crippen molar-refractivity contribution in [2.75, 3.05) is 6.54 Å². The molecule has 0 aromatic carbocycles. The largest absolute Gasteiger partial charge is 0.314 e. The molecule has 1 aromatic heterocycles. The lowest BCUT2D eigenvalue weighted by Gasteiger charge is -2.35. The summed E-state index contributed by atoms with van der Waals surface area (Å²) in [7, 11) is 2.01. The number of rotatable bonds is 5. The van der Waals surface area contributed by atoms with Gasteiger partial charge in [-0.25, -0.2) is 0 Å². The van der Waals surface area contributed by atoms with Gasteiger partial charge in [0.15, 0.2) is 0 Å². The number of hydrogen-bond donors (Lipinski definition) is 1. The molecule has 3 atom stereocenters. The fourth-order valence-electron chi connectivity index (χ4n) is 3.57. The maximum absolute atomic E-state index is 4.31. The van der Waals surface area contributed by atoms with Gasteiger partial charge in [-0.2, -0.15) is 5.10 Å². The highest BCUT2D eigenvalue weighted by atomic mass is 15.2. The summed E-state index contributed by atoms with van der Waals surface area (Å²) in [6, 6.07) is 0.846. The Morgan fingerprint density at radius 3 is 2.79 bits per heavy atom. The number of aryl methyl sites for hydroxylation is 1. The highest BCUT2D eigenvalue weighted by molar-refractivity contribution is 5.06. The Bertz CT molecular complexity index is 408. The van der Waals surface area contributed by atoms with E-state index < -0.39 is 0 Å². The summed E-state index contributed by atoms with van der Waals surface area (Å²) in [6.45, 7) is 3.66. The van der Waals surface area contributed by atoms with Crippen molar-refractivity contribution < 1.29 is 0 Å². The maximum Gasteiger partial charge on any atom is 0.0521 e. The van der Waals surface area contributed by atoms with Crippen LogP contribution in [0.3, 0.4) is 0 Å². The van der Waals surface area contributed by atoms with Crippen molar-refractivity contribution >= 4 is 0 Å². The molecule has 106 valence electrons. The van der Waals surface area contributed by atoms with Crippen LogP contribution in [0.25, 0.3) is 0 Å². The molecular weight excluding hydrogens is 234 g/mol.